The molecule has 2 rings (SSSR count). The van der Waals surface area contributed by atoms with Crippen molar-refractivity contribution in [3.63, 3.8) is 0 Å². The van der Waals surface area contributed by atoms with E-state index in [9.17, 15) is 4.79 Å². The van der Waals surface area contributed by atoms with Crippen molar-refractivity contribution in [1.82, 2.24) is 15.3 Å². The topological polar surface area (TPSA) is 54.9 Å². The van der Waals surface area contributed by atoms with Crippen LogP contribution in [0.1, 0.15) is 22.7 Å². The van der Waals surface area contributed by atoms with Gasteiger partial charge < -0.3 is 5.32 Å². The van der Waals surface area contributed by atoms with Gasteiger partial charge in [-0.25, -0.2) is 9.97 Å². The Kier molecular flexibility index (Phi) is 4.74. The van der Waals surface area contributed by atoms with E-state index < -0.39 is 0 Å². The van der Waals surface area contributed by atoms with Crippen LogP contribution in [-0.2, 0) is 0 Å². The predicted octanol–water partition coefficient (Wildman–Crippen LogP) is 2.42. The first kappa shape index (κ1) is 13.8. The molecule has 0 atom stereocenters. The number of hydrogen-bond donors (Lipinski definition) is 1. The van der Waals surface area contributed by atoms with Crippen LogP contribution in [0.3, 0.4) is 0 Å². The summed E-state index contributed by atoms with van der Waals surface area (Å²) >= 11 is 1.77. The number of benzene rings is 1. The highest BCUT2D eigenvalue weighted by Crippen LogP contribution is 2.14. The Balaban J connectivity index is 2.14. The summed E-state index contributed by atoms with van der Waals surface area (Å²) in [6.07, 6.45) is 3.01. The second-order valence-electron chi connectivity index (χ2n) is 4.25. The molecule has 0 aliphatic carbocycles. The average molecular weight is 275 g/mol. The number of aryl methyl sites for hydroxylation is 1. The van der Waals surface area contributed by atoms with Gasteiger partial charge in [0.1, 0.15) is 0 Å². The smallest absolute Gasteiger partial charge is 0.289 e. The van der Waals surface area contributed by atoms with Gasteiger partial charge in [-0.1, -0.05) is 18.2 Å². The molecular weight excluding hydrogens is 258 g/mol. The number of rotatable bonds is 5. The molecule has 0 aliphatic heterocycles. The van der Waals surface area contributed by atoms with E-state index in [1.54, 1.807) is 11.8 Å². The van der Waals surface area contributed by atoms with Gasteiger partial charge in [-0.15, -0.1) is 0 Å². The highest BCUT2D eigenvalue weighted by atomic mass is 32.2. The van der Waals surface area contributed by atoms with Crippen molar-refractivity contribution in [2.75, 3.05) is 18.6 Å². The third-order valence-electron chi connectivity index (χ3n) is 2.81. The van der Waals surface area contributed by atoms with Gasteiger partial charge in [0, 0.05) is 17.6 Å². The number of thioether (sulfide) groups is 1. The normalized spacial score (nSPS) is 10.6. The van der Waals surface area contributed by atoms with Crippen LogP contribution in [-0.4, -0.2) is 34.4 Å². The van der Waals surface area contributed by atoms with E-state index >= 15 is 0 Å². The molecule has 0 spiro atoms. The van der Waals surface area contributed by atoms with Crippen molar-refractivity contribution in [3.05, 3.63) is 35.8 Å². The van der Waals surface area contributed by atoms with Gasteiger partial charge in [0.15, 0.2) is 0 Å². The maximum atomic E-state index is 12.0. The Labute approximate surface area is 117 Å². The molecule has 0 saturated heterocycles. The van der Waals surface area contributed by atoms with Crippen molar-refractivity contribution in [2.45, 2.75) is 13.3 Å². The van der Waals surface area contributed by atoms with Crippen molar-refractivity contribution in [1.29, 1.82) is 0 Å². The molecular formula is C14H17N3OS. The van der Waals surface area contributed by atoms with Gasteiger partial charge in [0.25, 0.3) is 5.91 Å². The average Bonchev–Trinajstić information content (AvgIpc) is 2.43. The molecule has 0 aliphatic rings. The van der Waals surface area contributed by atoms with Crippen LogP contribution in [0.2, 0.25) is 0 Å². The number of fused-ring (bicyclic) bond motifs is 1. The zero-order valence-electron chi connectivity index (χ0n) is 11.1. The number of nitrogens with one attached hydrogen (secondary N) is 1. The number of carbonyl (C=O) groups excluding carboxylic acids is 1. The third kappa shape index (κ3) is 3.44. The molecule has 4 nitrogen and oxygen atoms in total. The van der Waals surface area contributed by atoms with E-state index in [1.807, 2.05) is 31.2 Å². The Morgan fingerprint density at radius 1 is 1.32 bits per heavy atom. The predicted molar refractivity (Wildman–Crippen MR) is 79.6 cm³/mol. The van der Waals surface area contributed by atoms with Crippen LogP contribution in [0.4, 0.5) is 0 Å². The SMILES string of the molecule is CSCCCNC(=O)c1nc(C)c2ccccc2n1. The van der Waals surface area contributed by atoms with Crippen LogP contribution in [0.15, 0.2) is 24.3 Å². The summed E-state index contributed by atoms with van der Waals surface area (Å²) in [7, 11) is 0. The van der Waals surface area contributed by atoms with Gasteiger partial charge in [-0.3, -0.25) is 4.79 Å². The molecule has 1 N–H and O–H groups in total. The lowest BCUT2D eigenvalue weighted by molar-refractivity contribution is 0.0943. The van der Waals surface area contributed by atoms with E-state index in [1.165, 1.54) is 0 Å². The number of aromatic nitrogens is 2. The van der Waals surface area contributed by atoms with Crippen LogP contribution in [0.25, 0.3) is 10.9 Å². The highest BCUT2D eigenvalue weighted by Gasteiger charge is 2.11. The van der Waals surface area contributed by atoms with Gasteiger partial charge in [0.2, 0.25) is 5.82 Å². The first-order valence-corrected chi connectivity index (χ1v) is 7.62. The molecule has 1 heterocycles. The van der Waals surface area contributed by atoms with Crippen molar-refractivity contribution < 1.29 is 4.79 Å². The molecule has 0 fully saturated rings. The van der Waals surface area contributed by atoms with Crippen LogP contribution in [0, 0.1) is 6.92 Å². The lowest BCUT2D eigenvalue weighted by Gasteiger charge is -2.06. The maximum Gasteiger partial charge on any atom is 0.289 e. The number of para-hydroxylation sites is 1. The third-order valence-corrected chi connectivity index (χ3v) is 3.50. The second kappa shape index (κ2) is 6.52. The van der Waals surface area contributed by atoms with Gasteiger partial charge in [0.05, 0.1) is 5.52 Å². The summed E-state index contributed by atoms with van der Waals surface area (Å²) in [5, 5.41) is 3.84. The quantitative estimate of drug-likeness (QED) is 0.851. The molecule has 1 amide bonds. The Bertz CT molecular complexity index is 586. The first-order chi connectivity index (χ1) is 9.22. The first-order valence-electron chi connectivity index (χ1n) is 6.23. The minimum atomic E-state index is -0.199. The fraction of sp³-hybridized carbons (Fsp3) is 0.357. The Morgan fingerprint density at radius 3 is 2.89 bits per heavy atom. The minimum Gasteiger partial charge on any atom is -0.349 e. The van der Waals surface area contributed by atoms with Crippen LogP contribution < -0.4 is 5.32 Å². The molecule has 5 heteroatoms. The second-order valence-corrected chi connectivity index (χ2v) is 5.24. The van der Waals surface area contributed by atoms with Crippen LogP contribution >= 0.6 is 11.8 Å². The van der Waals surface area contributed by atoms with Crippen molar-refractivity contribution in [2.24, 2.45) is 0 Å². The summed E-state index contributed by atoms with van der Waals surface area (Å²) in [5.41, 5.74) is 1.64. The molecule has 0 unspecified atom stereocenters. The summed E-state index contributed by atoms with van der Waals surface area (Å²) < 4.78 is 0. The van der Waals surface area contributed by atoms with Crippen molar-refractivity contribution >= 4 is 28.6 Å². The fourth-order valence-electron chi connectivity index (χ4n) is 1.83. The van der Waals surface area contributed by atoms with E-state index in [2.05, 4.69) is 21.5 Å². The Hall–Kier alpha value is -1.62. The van der Waals surface area contributed by atoms with E-state index in [4.69, 9.17) is 0 Å². The minimum absolute atomic E-state index is 0.199. The zero-order chi connectivity index (χ0) is 13.7. The number of carbonyl (C=O) groups is 1. The highest BCUT2D eigenvalue weighted by molar-refractivity contribution is 7.98. The lowest BCUT2D eigenvalue weighted by Crippen LogP contribution is -2.27. The standard InChI is InChI=1S/C14H17N3OS/c1-10-11-6-3-4-7-12(11)17-13(16-10)14(18)15-8-5-9-19-2/h3-4,6-7H,5,8-9H2,1-2H3,(H,15,18). The van der Waals surface area contributed by atoms with E-state index in [0.29, 0.717) is 6.54 Å². The fourth-order valence-corrected chi connectivity index (χ4v) is 2.27. The lowest BCUT2D eigenvalue weighted by atomic mass is 10.2. The summed E-state index contributed by atoms with van der Waals surface area (Å²) in [6, 6.07) is 7.72. The summed E-state index contributed by atoms with van der Waals surface area (Å²) in [6.45, 7) is 2.56. The summed E-state index contributed by atoms with van der Waals surface area (Å²) in [4.78, 5) is 20.5. The van der Waals surface area contributed by atoms with E-state index in [0.717, 1.165) is 28.8 Å². The number of hydrogen-bond acceptors (Lipinski definition) is 4. The van der Waals surface area contributed by atoms with Crippen molar-refractivity contribution in [3.8, 4) is 0 Å². The molecule has 1 aromatic heterocycles. The molecule has 2 aromatic rings. The molecule has 0 radical (unpaired) electrons. The molecule has 100 valence electrons. The maximum absolute atomic E-state index is 12.0. The zero-order valence-corrected chi connectivity index (χ0v) is 12.0. The molecule has 19 heavy (non-hydrogen) atoms. The largest absolute Gasteiger partial charge is 0.349 e. The monoisotopic (exact) mass is 275 g/mol. The van der Waals surface area contributed by atoms with Crippen LogP contribution in [0.5, 0.6) is 0 Å². The Morgan fingerprint density at radius 2 is 2.11 bits per heavy atom. The van der Waals surface area contributed by atoms with Gasteiger partial charge in [-0.2, -0.15) is 11.8 Å². The van der Waals surface area contributed by atoms with E-state index in [-0.39, 0.29) is 11.7 Å². The molecule has 1 aromatic carbocycles. The number of nitrogens with zero attached hydrogens (tertiary/aromatic N) is 2. The van der Waals surface area contributed by atoms with Gasteiger partial charge >= 0.3 is 0 Å². The number of amides is 1. The summed E-state index contributed by atoms with van der Waals surface area (Å²) in [5.74, 6) is 1.09. The molecule has 0 bridgehead atoms. The molecule has 0 saturated carbocycles. The van der Waals surface area contributed by atoms with Gasteiger partial charge in [-0.05, 0) is 31.4 Å².